The molecule has 118 valence electrons. The molecule has 1 aliphatic carbocycles. The molecule has 0 atom stereocenters. The Morgan fingerprint density at radius 3 is 2.43 bits per heavy atom. The number of hydrogen-bond donors (Lipinski definition) is 1. The number of methoxy groups -OCH3 is 1. The zero-order valence-electron chi connectivity index (χ0n) is 14.1. The number of benzene rings is 1. The van der Waals surface area contributed by atoms with Crippen LogP contribution in [-0.4, -0.2) is 24.8 Å². The molecule has 0 amide bonds. The molecule has 0 heterocycles. The molecule has 0 saturated heterocycles. The summed E-state index contributed by atoms with van der Waals surface area (Å²) < 4.78 is 11.8. The van der Waals surface area contributed by atoms with E-state index in [1.54, 1.807) is 7.11 Å². The summed E-state index contributed by atoms with van der Waals surface area (Å²) in [6.45, 7) is 9.65. The van der Waals surface area contributed by atoms with E-state index in [2.05, 4.69) is 39.1 Å². The molecule has 1 N–H and O–H groups in total. The largest absolute Gasteiger partial charge is 0.493 e. The quantitative estimate of drug-likeness (QED) is 0.856. The van der Waals surface area contributed by atoms with Gasteiger partial charge in [0, 0.05) is 5.54 Å². The molecular weight excluding hydrogens is 262 g/mol. The van der Waals surface area contributed by atoms with Gasteiger partial charge in [-0.15, -0.1) is 0 Å². The number of nitrogens with one attached hydrogen (secondary N) is 1. The zero-order valence-corrected chi connectivity index (χ0v) is 14.1. The molecule has 1 saturated carbocycles. The van der Waals surface area contributed by atoms with E-state index in [0.717, 1.165) is 37.3 Å². The smallest absolute Gasteiger partial charge is 0.162 e. The lowest BCUT2D eigenvalue weighted by atomic mass is 9.77. The highest BCUT2D eigenvalue weighted by molar-refractivity contribution is 5.43. The van der Waals surface area contributed by atoms with Crippen molar-refractivity contribution in [2.75, 3.05) is 13.7 Å². The summed E-state index contributed by atoms with van der Waals surface area (Å²) in [6, 6.07) is 6.15. The number of rotatable bonds is 6. The molecule has 0 spiro atoms. The first-order chi connectivity index (χ1) is 9.84. The summed E-state index contributed by atoms with van der Waals surface area (Å²) in [6.07, 6.45) is 4.57. The summed E-state index contributed by atoms with van der Waals surface area (Å²) in [4.78, 5) is 0. The monoisotopic (exact) mass is 291 g/mol. The van der Waals surface area contributed by atoms with Crippen molar-refractivity contribution in [1.82, 2.24) is 5.32 Å². The minimum atomic E-state index is -0.0131. The van der Waals surface area contributed by atoms with E-state index in [1.165, 1.54) is 12.0 Å². The lowest BCUT2D eigenvalue weighted by Gasteiger charge is -2.43. The topological polar surface area (TPSA) is 30.5 Å². The van der Waals surface area contributed by atoms with Gasteiger partial charge in [-0.2, -0.15) is 0 Å². The highest BCUT2D eigenvalue weighted by atomic mass is 16.5. The van der Waals surface area contributed by atoms with Crippen LogP contribution >= 0.6 is 0 Å². The Morgan fingerprint density at radius 2 is 1.90 bits per heavy atom. The third-order valence-corrected chi connectivity index (χ3v) is 4.15. The third kappa shape index (κ3) is 4.37. The second-order valence-electron chi connectivity index (χ2n) is 7.22. The van der Waals surface area contributed by atoms with E-state index < -0.39 is 0 Å². The van der Waals surface area contributed by atoms with Gasteiger partial charge in [-0.05, 0) is 77.6 Å². The molecule has 0 unspecified atom stereocenters. The lowest BCUT2D eigenvalue weighted by molar-refractivity contribution is -0.0170. The molecule has 1 aromatic carbocycles. The number of hydrogen-bond acceptors (Lipinski definition) is 3. The summed E-state index contributed by atoms with van der Waals surface area (Å²) in [5.41, 5.74) is 1.34. The number of aryl methyl sites for hydroxylation is 1. The van der Waals surface area contributed by atoms with Crippen molar-refractivity contribution in [3.63, 3.8) is 0 Å². The zero-order chi connectivity index (χ0) is 15.5. The fourth-order valence-electron chi connectivity index (χ4n) is 2.73. The first-order valence-electron chi connectivity index (χ1n) is 7.92. The van der Waals surface area contributed by atoms with Gasteiger partial charge in [0.2, 0.25) is 0 Å². The summed E-state index contributed by atoms with van der Waals surface area (Å²) in [5.74, 6) is 1.71. The maximum absolute atomic E-state index is 6.36. The molecule has 3 heteroatoms. The van der Waals surface area contributed by atoms with Crippen LogP contribution in [0.25, 0.3) is 0 Å². The van der Waals surface area contributed by atoms with E-state index >= 15 is 0 Å². The summed E-state index contributed by atoms with van der Waals surface area (Å²) in [7, 11) is 1.70. The van der Waals surface area contributed by atoms with Gasteiger partial charge in [0.25, 0.3) is 0 Å². The Labute approximate surface area is 129 Å². The van der Waals surface area contributed by atoms with Gasteiger partial charge in [0.15, 0.2) is 11.5 Å². The van der Waals surface area contributed by atoms with E-state index in [4.69, 9.17) is 9.47 Å². The molecule has 21 heavy (non-hydrogen) atoms. The van der Waals surface area contributed by atoms with Gasteiger partial charge in [0.05, 0.1) is 7.11 Å². The minimum Gasteiger partial charge on any atom is -0.493 e. The van der Waals surface area contributed by atoms with Crippen LogP contribution in [0.5, 0.6) is 11.5 Å². The van der Waals surface area contributed by atoms with Crippen LogP contribution in [0.2, 0.25) is 0 Å². The molecule has 0 aliphatic heterocycles. The predicted molar refractivity (Wildman–Crippen MR) is 87.3 cm³/mol. The maximum Gasteiger partial charge on any atom is 0.162 e. The second kappa shape index (κ2) is 6.27. The van der Waals surface area contributed by atoms with E-state index in [1.807, 2.05) is 12.1 Å². The van der Waals surface area contributed by atoms with Crippen molar-refractivity contribution in [2.45, 2.75) is 64.5 Å². The Bertz CT molecular complexity index is 473. The van der Waals surface area contributed by atoms with Crippen molar-refractivity contribution in [2.24, 2.45) is 0 Å². The van der Waals surface area contributed by atoms with E-state index in [0.29, 0.717) is 0 Å². The van der Waals surface area contributed by atoms with Crippen LogP contribution < -0.4 is 14.8 Å². The van der Waals surface area contributed by atoms with Gasteiger partial charge in [-0.1, -0.05) is 6.07 Å². The van der Waals surface area contributed by atoms with Crippen molar-refractivity contribution >= 4 is 0 Å². The fourth-order valence-corrected chi connectivity index (χ4v) is 2.73. The van der Waals surface area contributed by atoms with Crippen LogP contribution in [-0.2, 0) is 0 Å². The van der Waals surface area contributed by atoms with Crippen molar-refractivity contribution in [3.05, 3.63) is 23.8 Å². The molecular formula is C18H29NO2. The Morgan fingerprint density at radius 1 is 1.19 bits per heavy atom. The molecule has 0 bridgehead atoms. The molecule has 1 aliphatic rings. The van der Waals surface area contributed by atoms with Gasteiger partial charge in [-0.3, -0.25) is 0 Å². The minimum absolute atomic E-state index is 0.0131. The molecule has 3 nitrogen and oxygen atoms in total. The van der Waals surface area contributed by atoms with Crippen LogP contribution in [0.1, 0.15) is 52.0 Å². The summed E-state index contributed by atoms with van der Waals surface area (Å²) >= 11 is 0. The Balaban J connectivity index is 2.01. The van der Waals surface area contributed by atoms with Crippen molar-refractivity contribution < 1.29 is 9.47 Å². The van der Waals surface area contributed by atoms with Gasteiger partial charge in [-0.25, -0.2) is 0 Å². The molecule has 0 aromatic heterocycles. The van der Waals surface area contributed by atoms with Crippen LogP contribution in [0.15, 0.2) is 18.2 Å². The SMILES string of the molecule is COc1cc(C)ccc1OC1(CCNC(C)(C)C)CCC1. The standard InChI is InChI=1S/C18H29NO2/c1-14-7-8-15(16(13-14)20-5)21-18(9-6-10-18)11-12-19-17(2,3)4/h7-8,13,19H,6,9-12H2,1-5H3. The predicted octanol–water partition coefficient (Wildman–Crippen LogP) is 4.08. The molecule has 0 radical (unpaired) electrons. The Kier molecular flexibility index (Phi) is 4.82. The average molecular weight is 291 g/mol. The molecule has 1 aromatic rings. The van der Waals surface area contributed by atoms with Gasteiger partial charge < -0.3 is 14.8 Å². The first-order valence-corrected chi connectivity index (χ1v) is 7.92. The van der Waals surface area contributed by atoms with Crippen LogP contribution in [0, 0.1) is 6.92 Å². The van der Waals surface area contributed by atoms with E-state index in [9.17, 15) is 0 Å². The normalized spacial score (nSPS) is 17.2. The van der Waals surface area contributed by atoms with Gasteiger partial charge in [0.1, 0.15) is 5.60 Å². The summed E-state index contributed by atoms with van der Waals surface area (Å²) in [5, 5.41) is 3.56. The first kappa shape index (κ1) is 16.2. The van der Waals surface area contributed by atoms with Crippen molar-refractivity contribution in [3.8, 4) is 11.5 Å². The third-order valence-electron chi connectivity index (χ3n) is 4.15. The van der Waals surface area contributed by atoms with Crippen LogP contribution in [0.3, 0.4) is 0 Å². The lowest BCUT2D eigenvalue weighted by Crippen LogP contribution is -2.47. The average Bonchev–Trinajstić information content (AvgIpc) is 2.36. The highest BCUT2D eigenvalue weighted by Crippen LogP contribution is 2.42. The molecule has 2 rings (SSSR count). The van der Waals surface area contributed by atoms with Crippen LogP contribution in [0.4, 0.5) is 0 Å². The Hall–Kier alpha value is -1.22. The highest BCUT2D eigenvalue weighted by Gasteiger charge is 2.39. The fraction of sp³-hybridized carbons (Fsp3) is 0.667. The molecule has 1 fully saturated rings. The van der Waals surface area contributed by atoms with E-state index in [-0.39, 0.29) is 11.1 Å². The second-order valence-corrected chi connectivity index (χ2v) is 7.22. The van der Waals surface area contributed by atoms with Crippen molar-refractivity contribution in [1.29, 1.82) is 0 Å². The van der Waals surface area contributed by atoms with Gasteiger partial charge >= 0.3 is 0 Å². The maximum atomic E-state index is 6.36. The number of ether oxygens (including phenoxy) is 2.